The first kappa shape index (κ1) is 12.3. The van der Waals surface area contributed by atoms with E-state index in [1.165, 1.54) is 5.56 Å². The highest BCUT2D eigenvalue weighted by atomic mass is 32.1. The second kappa shape index (κ2) is 4.59. The number of aryl methyl sites for hydroxylation is 2. The summed E-state index contributed by atoms with van der Waals surface area (Å²) in [7, 11) is 0. The van der Waals surface area contributed by atoms with E-state index >= 15 is 0 Å². The zero-order valence-electron chi connectivity index (χ0n) is 10.4. The minimum Gasteiger partial charge on any atom is -0.385 e. The Hall–Kier alpha value is -1.19. The summed E-state index contributed by atoms with van der Waals surface area (Å²) >= 11 is 1.58. The molecule has 1 aromatic heterocycles. The topological polar surface area (TPSA) is 33.1 Å². The minimum atomic E-state index is -0.853. The molecule has 0 bridgehead atoms. The van der Waals surface area contributed by atoms with Crippen molar-refractivity contribution in [2.24, 2.45) is 0 Å². The lowest BCUT2D eigenvalue weighted by atomic mass is 9.88. The average Bonchev–Trinajstić information content (AvgIpc) is 2.73. The predicted molar refractivity (Wildman–Crippen MR) is 71.3 cm³/mol. The first-order valence-corrected chi connectivity index (χ1v) is 6.55. The van der Waals surface area contributed by atoms with Crippen LogP contribution in [0.4, 0.5) is 0 Å². The summed E-state index contributed by atoms with van der Waals surface area (Å²) in [6.45, 7) is 5.93. The molecule has 0 aliphatic heterocycles. The Kier molecular flexibility index (Phi) is 3.31. The van der Waals surface area contributed by atoms with E-state index in [2.05, 4.69) is 23.2 Å². The normalized spacial score (nSPS) is 14.6. The van der Waals surface area contributed by atoms with Gasteiger partial charge in [0.05, 0.1) is 10.6 Å². The molecular weight excluding hydrogens is 230 g/mol. The Morgan fingerprint density at radius 1 is 1.35 bits per heavy atom. The van der Waals surface area contributed by atoms with Crippen LogP contribution < -0.4 is 0 Å². The molecule has 2 nitrogen and oxygen atoms in total. The maximum absolute atomic E-state index is 10.6. The molecule has 1 atom stereocenters. The Labute approximate surface area is 106 Å². The lowest BCUT2D eigenvalue weighted by Gasteiger charge is -2.25. The van der Waals surface area contributed by atoms with Crippen LogP contribution in [0.15, 0.2) is 29.8 Å². The highest BCUT2D eigenvalue weighted by Gasteiger charge is 2.26. The van der Waals surface area contributed by atoms with Crippen LogP contribution in [0.1, 0.15) is 28.6 Å². The zero-order chi connectivity index (χ0) is 12.5. The molecule has 3 heteroatoms. The molecule has 0 aliphatic rings. The molecule has 90 valence electrons. The Morgan fingerprint density at radius 3 is 2.76 bits per heavy atom. The van der Waals surface area contributed by atoms with Gasteiger partial charge in [0.1, 0.15) is 0 Å². The van der Waals surface area contributed by atoms with Crippen LogP contribution in [-0.2, 0) is 12.0 Å². The molecule has 0 spiro atoms. The molecule has 0 saturated heterocycles. The largest absolute Gasteiger partial charge is 0.385 e. The van der Waals surface area contributed by atoms with Crippen molar-refractivity contribution in [3.05, 3.63) is 51.5 Å². The van der Waals surface area contributed by atoms with Crippen molar-refractivity contribution in [2.45, 2.75) is 32.8 Å². The van der Waals surface area contributed by atoms with Gasteiger partial charge in [-0.1, -0.05) is 23.8 Å². The summed E-state index contributed by atoms with van der Waals surface area (Å²) in [5.41, 5.74) is 2.43. The van der Waals surface area contributed by atoms with E-state index < -0.39 is 5.60 Å². The second-order valence-electron chi connectivity index (χ2n) is 4.69. The van der Waals surface area contributed by atoms with Gasteiger partial charge >= 0.3 is 0 Å². The number of thiazole rings is 1. The first-order chi connectivity index (χ1) is 7.99. The van der Waals surface area contributed by atoms with Gasteiger partial charge in [-0.15, -0.1) is 11.3 Å². The van der Waals surface area contributed by atoms with Crippen molar-refractivity contribution < 1.29 is 5.11 Å². The summed E-state index contributed by atoms with van der Waals surface area (Å²) in [6.07, 6.45) is 2.34. The summed E-state index contributed by atoms with van der Waals surface area (Å²) in [6, 6.07) is 6.18. The van der Waals surface area contributed by atoms with Gasteiger partial charge in [-0.25, -0.2) is 4.98 Å². The molecule has 1 heterocycles. The van der Waals surface area contributed by atoms with E-state index in [0.29, 0.717) is 6.42 Å². The molecular formula is C14H17NOS. The number of aromatic nitrogens is 1. The maximum Gasteiger partial charge on any atom is 0.0956 e. The molecule has 17 heavy (non-hydrogen) atoms. The van der Waals surface area contributed by atoms with Crippen molar-refractivity contribution in [2.75, 3.05) is 0 Å². The van der Waals surface area contributed by atoms with Crippen molar-refractivity contribution in [3.8, 4) is 0 Å². The highest BCUT2D eigenvalue weighted by Crippen LogP contribution is 2.29. The van der Waals surface area contributed by atoms with Crippen molar-refractivity contribution in [3.63, 3.8) is 0 Å². The van der Waals surface area contributed by atoms with Gasteiger partial charge < -0.3 is 5.11 Å². The lowest BCUT2D eigenvalue weighted by Crippen LogP contribution is -2.25. The number of rotatable bonds is 3. The fourth-order valence-electron chi connectivity index (χ4n) is 2.05. The van der Waals surface area contributed by atoms with Gasteiger partial charge in [-0.05, 0) is 31.9 Å². The van der Waals surface area contributed by atoms with Crippen LogP contribution in [-0.4, -0.2) is 10.1 Å². The average molecular weight is 247 g/mol. The van der Waals surface area contributed by atoms with Crippen molar-refractivity contribution in [1.82, 2.24) is 4.98 Å². The summed E-state index contributed by atoms with van der Waals surface area (Å²) in [5, 5.41) is 13.5. The number of nitrogens with zero attached hydrogens (tertiary/aromatic N) is 1. The van der Waals surface area contributed by atoms with Gasteiger partial charge in [0, 0.05) is 18.0 Å². The van der Waals surface area contributed by atoms with Crippen LogP contribution in [0.5, 0.6) is 0 Å². The molecule has 0 fully saturated rings. The molecule has 1 unspecified atom stereocenters. The molecule has 1 aromatic carbocycles. The Bertz CT molecular complexity index is 503. The van der Waals surface area contributed by atoms with Gasteiger partial charge in [-0.3, -0.25) is 0 Å². The fourth-order valence-corrected chi connectivity index (χ4v) is 2.81. The molecule has 2 aromatic rings. The Balaban J connectivity index is 2.33. The van der Waals surface area contributed by atoms with E-state index in [4.69, 9.17) is 0 Å². The van der Waals surface area contributed by atoms with Crippen LogP contribution >= 0.6 is 11.3 Å². The predicted octanol–water partition coefficient (Wildman–Crippen LogP) is 3.21. The molecule has 1 N–H and O–H groups in total. The third kappa shape index (κ3) is 2.73. The van der Waals surface area contributed by atoms with E-state index in [0.717, 1.165) is 16.1 Å². The number of hydrogen-bond donors (Lipinski definition) is 1. The number of benzene rings is 1. The monoisotopic (exact) mass is 247 g/mol. The molecule has 0 amide bonds. The van der Waals surface area contributed by atoms with E-state index in [1.54, 1.807) is 17.5 Å². The van der Waals surface area contributed by atoms with E-state index in [1.807, 2.05) is 26.2 Å². The van der Waals surface area contributed by atoms with E-state index in [-0.39, 0.29) is 0 Å². The van der Waals surface area contributed by atoms with Gasteiger partial charge in [0.25, 0.3) is 0 Å². The third-order valence-electron chi connectivity index (χ3n) is 2.95. The highest BCUT2D eigenvalue weighted by molar-refractivity contribution is 7.09. The molecule has 0 radical (unpaired) electrons. The first-order valence-electron chi connectivity index (χ1n) is 5.67. The van der Waals surface area contributed by atoms with Crippen LogP contribution in [0, 0.1) is 13.8 Å². The minimum absolute atomic E-state index is 0.564. The standard InChI is InChI=1S/C14H17NOS/c1-10-4-5-11(2)12(8-10)14(3,16)9-13-15-6-7-17-13/h4-8,16H,9H2,1-3H3. The maximum atomic E-state index is 10.6. The lowest BCUT2D eigenvalue weighted by molar-refractivity contribution is 0.0568. The SMILES string of the molecule is Cc1ccc(C)c(C(C)(O)Cc2nccs2)c1. The fraction of sp³-hybridized carbons (Fsp3) is 0.357. The summed E-state index contributed by atoms with van der Waals surface area (Å²) in [4.78, 5) is 4.24. The number of aliphatic hydroxyl groups is 1. The van der Waals surface area contributed by atoms with Crippen LogP contribution in [0.3, 0.4) is 0 Å². The molecule has 0 saturated carbocycles. The van der Waals surface area contributed by atoms with E-state index in [9.17, 15) is 5.11 Å². The smallest absolute Gasteiger partial charge is 0.0956 e. The summed E-state index contributed by atoms with van der Waals surface area (Å²) in [5.74, 6) is 0. The van der Waals surface area contributed by atoms with Gasteiger partial charge in [-0.2, -0.15) is 0 Å². The number of hydrogen-bond acceptors (Lipinski definition) is 3. The van der Waals surface area contributed by atoms with Gasteiger partial charge in [0.2, 0.25) is 0 Å². The van der Waals surface area contributed by atoms with Crippen molar-refractivity contribution in [1.29, 1.82) is 0 Å². The molecule has 2 rings (SSSR count). The second-order valence-corrected chi connectivity index (χ2v) is 5.67. The Morgan fingerprint density at radius 2 is 2.12 bits per heavy atom. The quantitative estimate of drug-likeness (QED) is 0.903. The third-order valence-corrected chi connectivity index (χ3v) is 3.73. The zero-order valence-corrected chi connectivity index (χ0v) is 11.2. The summed E-state index contributed by atoms with van der Waals surface area (Å²) < 4.78 is 0. The molecule has 0 aliphatic carbocycles. The van der Waals surface area contributed by atoms with Crippen LogP contribution in [0.25, 0.3) is 0 Å². The van der Waals surface area contributed by atoms with Gasteiger partial charge in [0.15, 0.2) is 0 Å². The van der Waals surface area contributed by atoms with Crippen LogP contribution in [0.2, 0.25) is 0 Å². The van der Waals surface area contributed by atoms with Crippen molar-refractivity contribution >= 4 is 11.3 Å².